The summed E-state index contributed by atoms with van der Waals surface area (Å²) >= 11 is 0. The first-order valence-corrected chi connectivity index (χ1v) is 6.46. The molecule has 1 aromatic carbocycles. The topological polar surface area (TPSA) is 54.3 Å². The van der Waals surface area contributed by atoms with E-state index in [0.29, 0.717) is 0 Å². The zero-order chi connectivity index (χ0) is 12.4. The number of H-pyrrole nitrogens is 1. The largest absolute Gasteiger partial charge is 0.379 e. The fourth-order valence-corrected chi connectivity index (χ4v) is 2.56. The number of aromatic nitrogens is 1. The third-order valence-corrected chi connectivity index (χ3v) is 3.58. The van der Waals surface area contributed by atoms with Crippen molar-refractivity contribution in [1.29, 1.82) is 0 Å². The summed E-state index contributed by atoms with van der Waals surface area (Å²) in [4.78, 5) is 5.65. The van der Waals surface area contributed by atoms with Crippen molar-refractivity contribution in [3.8, 4) is 0 Å². The molecule has 4 nitrogen and oxygen atoms in total. The van der Waals surface area contributed by atoms with Crippen LogP contribution in [0.25, 0.3) is 10.9 Å². The molecular weight excluding hydrogens is 226 g/mol. The van der Waals surface area contributed by atoms with Crippen LogP contribution in [0.3, 0.4) is 0 Å². The highest BCUT2D eigenvalue weighted by Gasteiger charge is 2.17. The summed E-state index contributed by atoms with van der Waals surface area (Å²) < 4.78 is 5.35. The summed E-state index contributed by atoms with van der Waals surface area (Å²) in [5.41, 5.74) is 8.70. The number of para-hydroxylation sites is 1. The molecule has 0 saturated carbocycles. The smallest absolute Gasteiger partial charge is 0.0594 e. The lowest BCUT2D eigenvalue weighted by molar-refractivity contribution is 0.0353. The molecule has 4 heteroatoms. The van der Waals surface area contributed by atoms with Crippen LogP contribution in [0.1, 0.15) is 11.6 Å². The van der Waals surface area contributed by atoms with E-state index in [-0.39, 0.29) is 6.04 Å². The molecule has 96 valence electrons. The van der Waals surface area contributed by atoms with Gasteiger partial charge in [-0.1, -0.05) is 18.2 Å². The van der Waals surface area contributed by atoms with Crippen LogP contribution in [-0.4, -0.2) is 42.7 Å². The van der Waals surface area contributed by atoms with Crippen molar-refractivity contribution in [2.45, 2.75) is 6.04 Å². The van der Waals surface area contributed by atoms with Gasteiger partial charge in [0.25, 0.3) is 0 Å². The second-order valence-electron chi connectivity index (χ2n) is 4.81. The highest BCUT2D eigenvalue weighted by molar-refractivity contribution is 5.83. The minimum atomic E-state index is 0.0549. The maximum absolute atomic E-state index is 6.33. The van der Waals surface area contributed by atoms with Crippen molar-refractivity contribution in [3.05, 3.63) is 36.0 Å². The normalized spacial score (nSPS) is 19.2. The number of rotatable bonds is 3. The van der Waals surface area contributed by atoms with Crippen molar-refractivity contribution in [2.24, 2.45) is 5.73 Å². The van der Waals surface area contributed by atoms with E-state index in [2.05, 4.69) is 28.1 Å². The molecule has 3 rings (SSSR count). The van der Waals surface area contributed by atoms with Gasteiger partial charge in [-0.2, -0.15) is 0 Å². The summed E-state index contributed by atoms with van der Waals surface area (Å²) in [5, 5.41) is 1.23. The minimum absolute atomic E-state index is 0.0549. The Bertz CT molecular complexity index is 516. The standard InChI is InChI=1S/C14H19N3O/c15-13(10-17-5-7-18-8-6-17)12-9-16-14-4-2-1-3-11(12)14/h1-4,9,13,16H,5-8,10,15H2. The molecular formula is C14H19N3O. The fourth-order valence-electron chi connectivity index (χ4n) is 2.56. The maximum Gasteiger partial charge on any atom is 0.0594 e. The predicted octanol–water partition coefficient (Wildman–Crippen LogP) is 1.50. The van der Waals surface area contributed by atoms with Crippen molar-refractivity contribution >= 4 is 10.9 Å². The van der Waals surface area contributed by atoms with Gasteiger partial charge in [0.1, 0.15) is 0 Å². The third kappa shape index (κ3) is 2.27. The summed E-state index contributed by atoms with van der Waals surface area (Å²) in [6, 6.07) is 8.36. The average Bonchev–Trinajstić information content (AvgIpc) is 2.84. The summed E-state index contributed by atoms with van der Waals surface area (Å²) in [7, 11) is 0. The van der Waals surface area contributed by atoms with E-state index in [1.807, 2.05) is 12.3 Å². The van der Waals surface area contributed by atoms with Crippen LogP contribution in [0.4, 0.5) is 0 Å². The number of aromatic amines is 1. The number of nitrogens with one attached hydrogen (secondary N) is 1. The number of nitrogens with two attached hydrogens (primary N) is 1. The molecule has 2 heterocycles. The Balaban J connectivity index is 1.76. The van der Waals surface area contributed by atoms with Gasteiger partial charge in [-0.3, -0.25) is 4.90 Å². The first-order valence-electron chi connectivity index (χ1n) is 6.46. The fraction of sp³-hybridized carbons (Fsp3) is 0.429. The lowest BCUT2D eigenvalue weighted by atomic mass is 10.1. The number of hydrogen-bond acceptors (Lipinski definition) is 3. The van der Waals surface area contributed by atoms with Gasteiger partial charge in [0.15, 0.2) is 0 Å². The first kappa shape index (κ1) is 11.7. The van der Waals surface area contributed by atoms with Gasteiger partial charge in [-0.15, -0.1) is 0 Å². The summed E-state index contributed by atoms with van der Waals surface area (Å²) in [6.07, 6.45) is 2.04. The van der Waals surface area contributed by atoms with E-state index in [1.54, 1.807) is 0 Å². The molecule has 2 aromatic rings. The molecule has 0 radical (unpaired) electrons. The minimum Gasteiger partial charge on any atom is -0.379 e. The van der Waals surface area contributed by atoms with Crippen molar-refractivity contribution in [1.82, 2.24) is 9.88 Å². The Morgan fingerprint density at radius 3 is 2.89 bits per heavy atom. The van der Waals surface area contributed by atoms with Gasteiger partial charge in [0.2, 0.25) is 0 Å². The molecule has 1 atom stereocenters. The quantitative estimate of drug-likeness (QED) is 0.861. The van der Waals surface area contributed by atoms with Gasteiger partial charge < -0.3 is 15.5 Å². The van der Waals surface area contributed by atoms with E-state index in [1.165, 1.54) is 10.9 Å². The number of ether oxygens (including phenoxy) is 1. The van der Waals surface area contributed by atoms with Crippen LogP contribution >= 0.6 is 0 Å². The zero-order valence-corrected chi connectivity index (χ0v) is 10.4. The molecule has 1 fully saturated rings. The molecule has 1 aliphatic rings. The Kier molecular flexibility index (Phi) is 3.32. The van der Waals surface area contributed by atoms with E-state index < -0.39 is 0 Å². The van der Waals surface area contributed by atoms with Crippen molar-refractivity contribution < 1.29 is 4.74 Å². The molecule has 0 amide bonds. The van der Waals surface area contributed by atoms with Crippen LogP contribution in [0.15, 0.2) is 30.5 Å². The highest BCUT2D eigenvalue weighted by atomic mass is 16.5. The SMILES string of the molecule is NC(CN1CCOCC1)c1c[nH]c2ccccc12. The Morgan fingerprint density at radius 2 is 2.06 bits per heavy atom. The third-order valence-electron chi connectivity index (χ3n) is 3.58. The summed E-state index contributed by atoms with van der Waals surface area (Å²) in [6.45, 7) is 4.50. The first-order chi connectivity index (χ1) is 8.84. The van der Waals surface area contributed by atoms with Gasteiger partial charge in [0, 0.05) is 42.8 Å². The molecule has 1 aliphatic heterocycles. The van der Waals surface area contributed by atoms with E-state index in [4.69, 9.17) is 10.5 Å². The molecule has 0 spiro atoms. The van der Waals surface area contributed by atoms with Crippen LogP contribution in [0.5, 0.6) is 0 Å². The number of fused-ring (bicyclic) bond motifs is 1. The molecule has 18 heavy (non-hydrogen) atoms. The lowest BCUT2D eigenvalue weighted by Crippen LogP contribution is -2.40. The molecule has 1 saturated heterocycles. The molecule has 3 N–H and O–H groups in total. The Morgan fingerprint density at radius 1 is 1.28 bits per heavy atom. The monoisotopic (exact) mass is 245 g/mol. The number of hydrogen-bond donors (Lipinski definition) is 2. The van der Waals surface area contributed by atoms with Crippen LogP contribution in [-0.2, 0) is 4.74 Å². The van der Waals surface area contributed by atoms with Gasteiger partial charge >= 0.3 is 0 Å². The summed E-state index contributed by atoms with van der Waals surface area (Å²) in [5.74, 6) is 0. The van der Waals surface area contributed by atoms with Gasteiger partial charge in [0.05, 0.1) is 13.2 Å². The zero-order valence-electron chi connectivity index (χ0n) is 10.4. The van der Waals surface area contributed by atoms with E-state index >= 15 is 0 Å². The number of benzene rings is 1. The highest BCUT2D eigenvalue weighted by Crippen LogP contribution is 2.23. The second-order valence-corrected chi connectivity index (χ2v) is 4.81. The van der Waals surface area contributed by atoms with Crippen LogP contribution in [0.2, 0.25) is 0 Å². The van der Waals surface area contributed by atoms with Gasteiger partial charge in [-0.05, 0) is 11.6 Å². The molecule has 1 aromatic heterocycles. The molecule has 1 unspecified atom stereocenters. The average molecular weight is 245 g/mol. The maximum atomic E-state index is 6.33. The van der Waals surface area contributed by atoms with Crippen LogP contribution < -0.4 is 5.73 Å². The van der Waals surface area contributed by atoms with E-state index in [9.17, 15) is 0 Å². The Hall–Kier alpha value is -1.36. The van der Waals surface area contributed by atoms with Crippen molar-refractivity contribution in [3.63, 3.8) is 0 Å². The van der Waals surface area contributed by atoms with Crippen molar-refractivity contribution in [2.75, 3.05) is 32.8 Å². The lowest BCUT2D eigenvalue weighted by Gasteiger charge is -2.28. The number of morpholine rings is 1. The van der Waals surface area contributed by atoms with E-state index in [0.717, 1.165) is 38.4 Å². The second kappa shape index (κ2) is 5.10. The van der Waals surface area contributed by atoms with Gasteiger partial charge in [-0.25, -0.2) is 0 Å². The van der Waals surface area contributed by atoms with Crippen LogP contribution in [0, 0.1) is 0 Å². The number of nitrogens with zero attached hydrogens (tertiary/aromatic N) is 1. The predicted molar refractivity (Wildman–Crippen MR) is 72.5 cm³/mol. The molecule has 0 bridgehead atoms. The molecule has 0 aliphatic carbocycles. The Labute approximate surface area is 107 Å².